The van der Waals surface area contributed by atoms with E-state index in [1.54, 1.807) is 26.1 Å². The summed E-state index contributed by atoms with van der Waals surface area (Å²) in [7, 11) is 1.46. The zero-order valence-corrected chi connectivity index (χ0v) is 24.4. The maximum absolute atomic E-state index is 16.0. The molecular formula is C35H36F4N2O. The Morgan fingerprint density at radius 2 is 1.62 bits per heavy atom. The molecule has 0 fully saturated rings. The van der Waals surface area contributed by atoms with Gasteiger partial charge in [0.05, 0.1) is 12.6 Å². The lowest BCUT2D eigenvalue weighted by molar-refractivity contribution is -0.188. The van der Waals surface area contributed by atoms with Crippen molar-refractivity contribution in [3.63, 3.8) is 0 Å². The summed E-state index contributed by atoms with van der Waals surface area (Å²) in [6.07, 6.45) is -1.63. The number of aromatic nitrogens is 1. The minimum atomic E-state index is -4.68. The first-order valence-electron chi connectivity index (χ1n) is 14.5. The zero-order valence-electron chi connectivity index (χ0n) is 24.4. The number of methoxy groups -OCH3 is 1. The standard InChI is InChI=1S/C35H36F4N2O/c1-5-7-20-41-34(19-6-2,35(37,38)39)32-31(25-18-21-40-29-15-11-9-12-24(25)29)26-13-8-10-14-27(26)33(32,3)28-22-23(36)16-17-30(28)42-4/h8-18,21-22,41H,5-7,19-20H2,1-4H3. The third-order valence-corrected chi connectivity index (χ3v) is 8.60. The first-order valence-corrected chi connectivity index (χ1v) is 14.5. The summed E-state index contributed by atoms with van der Waals surface area (Å²) >= 11 is 0. The molecular weight excluding hydrogens is 540 g/mol. The monoisotopic (exact) mass is 576 g/mol. The van der Waals surface area contributed by atoms with Crippen molar-refractivity contribution in [2.75, 3.05) is 13.7 Å². The van der Waals surface area contributed by atoms with Gasteiger partial charge in [0.1, 0.15) is 17.1 Å². The molecule has 7 heteroatoms. The number of nitrogens with zero attached hydrogens (tertiary/aromatic N) is 1. The Morgan fingerprint density at radius 1 is 0.881 bits per heavy atom. The zero-order chi connectivity index (χ0) is 30.1. The molecule has 0 aliphatic heterocycles. The number of hydrogen-bond donors (Lipinski definition) is 1. The Bertz CT molecular complexity index is 1620. The maximum Gasteiger partial charge on any atom is 0.410 e. The number of alkyl halides is 3. The van der Waals surface area contributed by atoms with E-state index < -0.39 is 22.9 Å². The van der Waals surface area contributed by atoms with Crippen LogP contribution in [0.2, 0.25) is 0 Å². The van der Waals surface area contributed by atoms with Gasteiger partial charge in [0.25, 0.3) is 0 Å². The summed E-state index contributed by atoms with van der Waals surface area (Å²) in [4.78, 5) is 4.51. The molecule has 5 rings (SSSR count). The van der Waals surface area contributed by atoms with Crippen molar-refractivity contribution >= 4 is 16.5 Å². The Balaban J connectivity index is 2.02. The first-order chi connectivity index (χ1) is 20.1. The fourth-order valence-corrected chi connectivity index (χ4v) is 6.78. The average molecular weight is 577 g/mol. The molecule has 2 atom stereocenters. The normalized spacial score (nSPS) is 18.3. The predicted molar refractivity (Wildman–Crippen MR) is 160 cm³/mol. The van der Waals surface area contributed by atoms with Gasteiger partial charge in [0.2, 0.25) is 0 Å². The topological polar surface area (TPSA) is 34.2 Å². The number of fused-ring (bicyclic) bond motifs is 2. The molecule has 1 aromatic heterocycles. The molecule has 220 valence electrons. The maximum atomic E-state index is 16.0. The van der Waals surface area contributed by atoms with Crippen LogP contribution in [0.1, 0.15) is 68.7 Å². The molecule has 0 radical (unpaired) electrons. The molecule has 2 unspecified atom stereocenters. The highest BCUT2D eigenvalue weighted by atomic mass is 19.4. The van der Waals surface area contributed by atoms with Gasteiger partial charge in [-0.15, -0.1) is 0 Å². The van der Waals surface area contributed by atoms with Gasteiger partial charge in [0, 0.05) is 22.6 Å². The minimum Gasteiger partial charge on any atom is -0.496 e. The third kappa shape index (κ3) is 4.68. The van der Waals surface area contributed by atoms with Crippen LogP contribution in [0.4, 0.5) is 17.6 Å². The van der Waals surface area contributed by atoms with Crippen LogP contribution in [0.25, 0.3) is 16.5 Å². The number of pyridine rings is 1. The largest absolute Gasteiger partial charge is 0.496 e. The van der Waals surface area contributed by atoms with Gasteiger partial charge in [0.15, 0.2) is 0 Å². The predicted octanol–water partition coefficient (Wildman–Crippen LogP) is 8.99. The molecule has 42 heavy (non-hydrogen) atoms. The van der Waals surface area contributed by atoms with E-state index in [9.17, 15) is 0 Å². The minimum absolute atomic E-state index is 0.155. The van der Waals surface area contributed by atoms with Crippen LogP contribution in [0.5, 0.6) is 5.75 Å². The van der Waals surface area contributed by atoms with Crippen molar-refractivity contribution in [2.45, 2.75) is 63.6 Å². The lowest BCUT2D eigenvalue weighted by Gasteiger charge is -2.46. The van der Waals surface area contributed by atoms with Crippen LogP contribution >= 0.6 is 0 Å². The van der Waals surface area contributed by atoms with E-state index in [-0.39, 0.29) is 25.0 Å². The van der Waals surface area contributed by atoms with Crippen molar-refractivity contribution < 1.29 is 22.3 Å². The summed E-state index contributed by atoms with van der Waals surface area (Å²) in [6, 6.07) is 20.8. The van der Waals surface area contributed by atoms with Crippen molar-refractivity contribution in [1.29, 1.82) is 0 Å². The average Bonchev–Trinajstić information content (AvgIpc) is 3.25. The molecule has 1 aliphatic carbocycles. The molecule has 1 N–H and O–H groups in total. The Kier molecular flexibility index (Phi) is 8.17. The molecule has 0 saturated carbocycles. The summed E-state index contributed by atoms with van der Waals surface area (Å²) in [5.74, 6) is -0.216. The number of rotatable bonds is 10. The van der Waals surface area contributed by atoms with Gasteiger partial charge in [-0.2, -0.15) is 13.2 Å². The highest BCUT2D eigenvalue weighted by Crippen LogP contribution is 2.61. The van der Waals surface area contributed by atoms with Gasteiger partial charge in [-0.1, -0.05) is 69.2 Å². The van der Waals surface area contributed by atoms with E-state index in [0.717, 1.165) is 11.8 Å². The smallest absolute Gasteiger partial charge is 0.410 e. The summed E-state index contributed by atoms with van der Waals surface area (Å²) < 4.78 is 68.7. The van der Waals surface area contributed by atoms with E-state index in [1.165, 1.54) is 25.3 Å². The van der Waals surface area contributed by atoms with E-state index in [0.29, 0.717) is 45.5 Å². The molecule has 1 heterocycles. The van der Waals surface area contributed by atoms with Gasteiger partial charge >= 0.3 is 6.18 Å². The fourth-order valence-electron chi connectivity index (χ4n) is 6.78. The van der Waals surface area contributed by atoms with E-state index >= 15 is 17.6 Å². The number of hydrogen-bond acceptors (Lipinski definition) is 3. The highest BCUT2D eigenvalue weighted by Gasteiger charge is 2.63. The summed E-state index contributed by atoms with van der Waals surface area (Å²) in [6.45, 7) is 5.69. The van der Waals surface area contributed by atoms with E-state index in [2.05, 4.69) is 10.3 Å². The van der Waals surface area contributed by atoms with Crippen molar-refractivity contribution in [2.24, 2.45) is 0 Å². The van der Waals surface area contributed by atoms with Crippen molar-refractivity contribution in [3.05, 3.63) is 113 Å². The fraction of sp³-hybridized carbons (Fsp3) is 0.343. The van der Waals surface area contributed by atoms with Crippen LogP contribution in [0.3, 0.4) is 0 Å². The van der Waals surface area contributed by atoms with Gasteiger partial charge < -0.3 is 10.1 Å². The molecule has 0 bridgehead atoms. The molecule has 0 saturated heterocycles. The molecule has 3 aromatic carbocycles. The third-order valence-electron chi connectivity index (χ3n) is 8.60. The number of halogens is 4. The van der Waals surface area contributed by atoms with Gasteiger partial charge in [-0.25, -0.2) is 4.39 Å². The SMILES string of the molecule is CCCCNC(CCC)(C1=C(c2ccnc3ccccc23)c2ccccc2C1(C)c1cc(F)ccc1OC)C(F)(F)F. The Hall–Kier alpha value is -3.71. The van der Waals surface area contributed by atoms with Crippen molar-refractivity contribution in [1.82, 2.24) is 10.3 Å². The lowest BCUT2D eigenvalue weighted by atomic mass is 9.64. The molecule has 1 aliphatic rings. The summed E-state index contributed by atoms with van der Waals surface area (Å²) in [5, 5.41) is 3.79. The number of nitrogens with one attached hydrogen (secondary N) is 1. The Morgan fingerprint density at radius 3 is 2.33 bits per heavy atom. The number of para-hydroxylation sites is 1. The second kappa shape index (κ2) is 11.5. The van der Waals surface area contributed by atoms with E-state index in [4.69, 9.17) is 4.74 Å². The van der Waals surface area contributed by atoms with Crippen LogP contribution in [0, 0.1) is 5.82 Å². The van der Waals surface area contributed by atoms with E-state index in [1.807, 2.05) is 55.5 Å². The second-order valence-electron chi connectivity index (χ2n) is 11.1. The number of benzene rings is 3. The number of ether oxygens (including phenoxy) is 1. The second-order valence-corrected chi connectivity index (χ2v) is 11.1. The van der Waals surface area contributed by atoms with Crippen LogP contribution in [0.15, 0.2) is 84.6 Å². The van der Waals surface area contributed by atoms with Crippen molar-refractivity contribution in [3.8, 4) is 5.75 Å². The first kappa shape index (κ1) is 29.8. The highest BCUT2D eigenvalue weighted by molar-refractivity contribution is 6.01. The molecule has 0 amide bonds. The van der Waals surface area contributed by atoms with Crippen LogP contribution in [-0.2, 0) is 5.41 Å². The summed E-state index contributed by atoms with van der Waals surface area (Å²) in [5.41, 5.74) is -0.124. The quantitative estimate of drug-likeness (QED) is 0.151. The molecule has 4 aromatic rings. The lowest BCUT2D eigenvalue weighted by Crippen LogP contribution is -2.61. The molecule has 0 spiro atoms. The van der Waals surface area contributed by atoms with Gasteiger partial charge in [-0.3, -0.25) is 4.98 Å². The van der Waals surface area contributed by atoms with Crippen LogP contribution in [-0.4, -0.2) is 30.4 Å². The van der Waals surface area contributed by atoms with Crippen LogP contribution < -0.4 is 10.1 Å². The number of unbranched alkanes of at least 4 members (excludes halogenated alkanes) is 1. The Labute approximate surface area is 244 Å². The molecule has 3 nitrogen and oxygen atoms in total. The van der Waals surface area contributed by atoms with Gasteiger partial charge in [-0.05, 0) is 84.5 Å².